The number of aliphatic hydroxyl groups is 1. The number of carbonyl (C=O) groups is 3. The summed E-state index contributed by atoms with van der Waals surface area (Å²) in [5.74, 6) is -2.93. The molecule has 0 aliphatic carbocycles. The van der Waals surface area contributed by atoms with Crippen LogP contribution in [-0.2, 0) is 14.3 Å². The van der Waals surface area contributed by atoms with Gasteiger partial charge in [0.25, 0.3) is 5.78 Å². The van der Waals surface area contributed by atoms with Crippen LogP contribution in [0.3, 0.4) is 0 Å². The number of aliphatic hydroxyl groups excluding tert-OH is 1. The van der Waals surface area contributed by atoms with Crippen molar-refractivity contribution in [3.05, 3.63) is 81.6 Å². The number of carbonyl (C=O) groups excluding carboxylic acids is 3. The molecule has 0 bridgehead atoms. The van der Waals surface area contributed by atoms with Crippen LogP contribution in [0.4, 0.5) is 9.52 Å². The molecule has 1 atom stereocenters. The minimum Gasteiger partial charge on any atom is -0.507 e. The topological polar surface area (TPSA) is 106 Å². The molecule has 1 aliphatic rings. The van der Waals surface area contributed by atoms with Gasteiger partial charge >= 0.3 is 11.9 Å². The average molecular weight is 511 g/mol. The van der Waals surface area contributed by atoms with Gasteiger partial charge in [-0.25, -0.2) is 14.2 Å². The largest absolute Gasteiger partial charge is 0.507 e. The molecule has 4 rings (SSSR count). The number of thiazole rings is 1. The van der Waals surface area contributed by atoms with Crippen molar-refractivity contribution in [3.63, 3.8) is 0 Å². The predicted octanol–water partition coefficient (Wildman–Crippen LogP) is 4.79. The summed E-state index contributed by atoms with van der Waals surface area (Å²) in [6.45, 7) is 4.02. The van der Waals surface area contributed by atoms with Crippen LogP contribution in [0.15, 0.2) is 54.1 Å². The summed E-state index contributed by atoms with van der Waals surface area (Å²) in [6.07, 6.45) is 0.780. The number of Topliss-reactive ketones (excluding diaryl/α,β-unsaturated/α-hetero) is 1. The number of rotatable bonds is 7. The van der Waals surface area contributed by atoms with Crippen LogP contribution in [0.5, 0.6) is 5.75 Å². The number of amides is 1. The number of methoxy groups -OCH3 is 1. The number of aromatic nitrogens is 1. The lowest BCUT2D eigenvalue weighted by molar-refractivity contribution is -0.132. The van der Waals surface area contributed by atoms with Crippen LogP contribution >= 0.6 is 11.3 Å². The van der Waals surface area contributed by atoms with Gasteiger partial charge in [-0.1, -0.05) is 30.4 Å². The van der Waals surface area contributed by atoms with Crippen LogP contribution < -0.4 is 9.64 Å². The second-order valence-corrected chi connectivity index (χ2v) is 8.98. The highest BCUT2D eigenvalue weighted by molar-refractivity contribution is 7.17. The van der Waals surface area contributed by atoms with Gasteiger partial charge in [0, 0.05) is 5.56 Å². The van der Waals surface area contributed by atoms with E-state index >= 15 is 0 Å². The Morgan fingerprint density at radius 3 is 2.58 bits per heavy atom. The fourth-order valence-electron chi connectivity index (χ4n) is 3.87. The van der Waals surface area contributed by atoms with Crippen LogP contribution in [-0.4, -0.2) is 41.5 Å². The van der Waals surface area contributed by atoms with Crippen molar-refractivity contribution in [1.82, 2.24) is 4.98 Å². The van der Waals surface area contributed by atoms with Crippen LogP contribution in [0.25, 0.3) is 5.76 Å². The van der Waals surface area contributed by atoms with Gasteiger partial charge in [-0.3, -0.25) is 14.5 Å². The number of ketones is 1. The zero-order valence-corrected chi connectivity index (χ0v) is 20.6. The quantitative estimate of drug-likeness (QED) is 0.211. The van der Waals surface area contributed by atoms with E-state index in [1.165, 1.54) is 19.2 Å². The van der Waals surface area contributed by atoms with E-state index in [9.17, 15) is 23.9 Å². The van der Waals surface area contributed by atoms with E-state index in [4.69, 9.17) is 9.47 Å². The molecule has 1 saturated heterocycles. The predicted molar refractivity (Wildman–Crippen MR) is 132 cm³/mol. The van der Waals surface area contributed by atoms with Gasteiger partial charge in [-0.15, -0.1) is 0 Å². The summed E-state index contributed by atoms with van der Waals surface area (Å²) in [6, 6.07) is 10.7. The van der Waals surface area contributed by atoms with Gasteiger partial charge in [0.2, 0.25) is 0 Å². The van der Waals surface area contributed by atoms with Crippen molar-refractivity contribution in [3.8, 4) is 5.75 Å². The van der Waals surface area contributed by atoms with Gasteiger partial charge in [0.1, 0.15) is 22.2 Å². The van der Waals surface area contributed by atoms with E-state index in [0.717, 1.165) is 34.8 Å². The smallest absolute Gasteiger partial charge is 0.350 e. The van der Waals surface area contributed by atoms with Crippen molar-refractivity contribution in [2.75, 3.05) is 18.6 Å². The summed E-state index contributed by atoms with van der Waals surface area (Å²) in [5, 5.41) is 11.2. The molecule has 3 aromatic rings. The molecule has 10 heteroatoms. The summed E-state index contributed by atoms with van der Waals surface area (Å²) < 4.78 is 24.0. The third-order valence-electron chi connectivity index (χ3n) is 5.57. The molecule has 1 aromatic heterocycles. The van der Waals surface area contributed by atoms with Gasteiger partial charge < -0.3 is 14.6 Å². The molecular weight excluding hydrogens is 487 g/mol. The Morgan fingerprint density at radius 1 is 1.19 bits per heavy atom. The van der Waals surface area contributed by atoms with Crippen molar-refractivity contribution >= 4 is 39.9 Å². The van der Waals surface area contributed by atoms with E-state index in [0.29, 0.717) is 23.6 Å². The van der Waals surface area contributed by atoms with Crippen LogP contribution in [0.2, 0.25) is 0 Å². The molecule has 186 valence electrons. The summed E-state index contributed by atoms with van der Waals surface area (Å²) in [5.41, 5.74) is 0.801. The number of hydrogen-bond donors (Lipinski definition) is 1. The number of halogens is 1. The van der Waals surface area contributed by atoms with Gasteiger partial charge in [0.05, 0.1) is 31.0 Å². The number of nitrogens with zero attached hydrogens (tertiary/aromatic N) is 2. The van der Waals surface area contributed by atoms with Crippen molar-refractivity contribution < 1.29 is 33.4 Å². The van der Waals surface area contributed by atoms with E-state index in [1.807, 2.05) is 6.92 Å². The fraction of sp³-hybridized carbons (Fsp3) is 0.231. The summed E-state index contributed by atoms with van der Waals surface area (Å²) in [4.78, 5) is 44.4. The molecule has 1 aliphatic heterocycles. The third kappa shape index (κ3) is 4.59. The maximum absolute atomic E-state index is 13.5. The first-order chi connectivity index (χ1) is 17.3. The molecule has 1 N–H and O–H groups in total. The number of benzene rings is 2. The molecule has 0 radical (unpaired) electrons. The Balaban J connectivity index is 1.92. The highest BCUT2D eigenvalue weighted by Gasteiger charge is 2.48. The Bertz CT molecular complexity index is 1370. The highest BCUT2D eigenvalue weighted by atomic mass is 32.1. The van der Waals surface area contributed by atoms with Gasteiger partial charge in [0.15, 0.2) is 5.13 Å². The SMILES string of the molecule is CCCOc1cccc(C2/C(=C(\O)c3ccc(F)cc3)C(=O)C(=O)N2c2nc(C)c(C(=O)OC)s2)c1. The van der Waals surface area contributed by atoms with Gasteiger partial charge in [-0.2, -0.15) is 0 Å². The normalized spacial score (nSPS) is 16.9. The molecule has 0 spiro atoms. The van der Waals surface area contributed by atoms with Crippen LogP contribution in [0.1, 0.15) is 45.9 Å². The molecule has 1 unspecified atom stereocenters. The lowest BCUT2D eigenvalue weighted by Gasteiger charge is -2.23. The molecule has 2 heterocycles. The van der Waals surface area contributed by atoms with E-state index < -0.39 is 35.3 Å². The molecule has 1 fully saturated rings. The second kappa shape index (κ2) is 10.3. The van der Waals surface area contributed by atoms with Crippen molar-refractivity contribution in [2.45, 2.75) is 26.3 Å². The number of anilines is 1. The highest BCUT2D eigenvalue weighted by Crippen LogP contribution is 2.44. The maximum Gasteiger partial charge on any atom is 0.350 e. The van der Waals surface area contributed by atoms with Crippen molar-refractivity contribution in [2.24, 2.45) is 0 Å². The number of aryl methyl sites for hydroxylation is 1. The molecule has 1 amide bonds. The molecule has 36 heavy (non-hydrogen) atoms. The zero-order chi connectivity index (χ0) is 26.0. The molecular formula is C26H23FN2O6S. The number of esters is 1. The van der Waals surface area contributed by atoms with E-state index in [2.05, 4.69) is 4.98 Å². The fourth-order valence-corrected chi connectivity index (χ4v) is 4.88. The Morgan fingerprint density at radius 2 is 1.92 bits per heavy atom. The molecule has 8 nitrogen and oxygen atoms in total. The third-order valence-corrected chi connectivity index (χ3v) is 6.71. The monoisotopic (exact) mass is 510 g/mol. The number of ether oxygens (including phenoxy) is 2. The molecule has 2 aromatic carbocycles. The van der Waals surface area contributed by atoms with Crippen molar-refractivity contribution in [1.29, 1.82) is 0 Å². The minimum atomic E-state index is -1.07. The minimum absolute atomic E-state index is 0.0954. The van der Waals surface area contributed by atoms with E-state index in [-0.39, 0.29) is 21.1 Å². The van der Waals surface area contributed by atoms with Gasteiger partial charge in [-0.05, 0) is 55.3 Å². The first kappa shape index (κ1) is 25.1. The first-order valence-electron chi connectivity index (χ1n) is 11.1. The Labute approximate surface area is 210 Å². The molecule has 0 saturated carbocycles. The standard InChI is InChI=1S/C26H23FN2O6S/c1-4-12-35-18-7-5-6-16(13-18)20-19(21(30)15-8-10-17(27)11-9-15)22(31)24(32)29(20)26-28-14(2)23(36-26)25(33)34-3/h5-11,13,20,30H,4,12H2,1-3H3/b21-19+. The van der Waals surface area contributed by atoms with Crippen LogP contribution in [0, 0.1) is 12.7 Å². The maximum atomic E-state index is 13.5. The zero-order valence-electron chi connectivity index (χ0n) is 19.8. The average Bonchev–Trinajstić information content (AvgIpc) is 3.39. The Kier molecular flexibility index (Phi) is 7.16. The second-order valence-electron chi connectivity index (χ2n) is 8.00. The lowest BCUT2D eigenvalue weighted by atomic mass is 9.95. The first-order valence-corrected chi connectivity index (χ1v) is 11.9. The Hall–Kier alpha value is -4.05. The number of hydrogen-bond acceptors (Lipinski definition) is 8. The lowest BCUT2D eigenvalue weighted by Crippen LogP contribution is -2.29. The van der Waals surface area contributed by atoms with E-state index in [1.54, 1.807) is 31.2 Å². The summed E-state index contributed by atoms with van der Waals surface area (Å²) >= 11 is 0.905. The summed E-state index contributed by atoms with van der Waals surface area (Å²) in [7, 11) is 1.23.